The van der Waals surface area contributed by atoms with E-state index >= 15 is 0 Å². The molecule has 9 nitrogen and oxygen atoms in total. The molecule has 2 aromatic heterocycles. The van der Waals surface area contributed by atoms with Crippen molar-refractivity contribution in [3.05, 3.63) is 51.6 Å². The van der Waals surface area contributed by atoms with Gasteiger partial charge in [-0.25, -0.2) is 4.98 Å². The Labute approximate surface area is 169 Å². The first-order chi connectivity index (χ1) is 13.8. The summed E-state index contributed by atoms with van der Waals surface area (Å²) in [5, 5.41) is 11.3. The van der Waals surface area contributed by atoms with Crippen molar-refractivity contribution in [1.29, 1.82) is 0 Å². The lowest BCUT2D eigenvalue weighted by Gasteiger charge is -2.11. The lowest BCUT2D eigenvalue weighted by atomic mass is 10.2. The Bertz CT molecular complexity index is 1100. The van der Waals surface area contributed by atoms with Gasteiger partial charge in [-0.05, 0) is 52.0 Å². The predicted molar refractivity (Wildman–Crippen MR) is 112 cm³/mol. The zero-order chi connectivity index (χ0) is 21.1. The van der Waals surface area contributed by atoms with Crippen LogP contribution < -0.4 is 15.2 Å². The third-order valence-electron chi connectivity index (χ3n) is 4.49. The average Bonchev–Trinajstić information content (AvgIpc) is 2.98. The Morgan fingerprint density at radius 3 is 2.41 bits per heavy atom. The van der Waals surface area contributed by atoms with Crippen LogP contribution in [0.2, 0.25) is 0 Å². The highest BCUT2D eigenvalue weighted by atomic mass is 16.5. The summed E-state index contributed by atoms with van der Waals surface area (Å²) < 4.78 is 6.82. The number of benzene rings is 1. The second-order valence-electron chi connectivity index (χ2n) is 6.81. The molecule has 152 valence electrons. The quantitative estimate of drug-likeness (QED) is 0.641. The number of hydrogen-bond donors (Lipinski definition) is 1. The average molecular weight is 395 g/mol. The van der Waals surface area contributed by atoms with Gasteiger partial charge in [0, 0.05) is 31.0 Å². The smallest absolute Gasteiger partial charge is 0.301 e. The van der Waals surface area contributed by atoms with Gasteiger partial charge in [-0.1, -0.05) is 0 Å². The van der Waals surface area contributed by atoms with E-state index in [1.807, 2.05) is 64.0 Å². The first kappa shape index (κ1) is 20.2. The molecule has 2 heterocycles. The van der Waals surface area contributed by atoms with Gasteiger partial charge in [-0.15, -0.1) is 5.11 Å². The summed E-state index contributed by atoms with van der Waals surface area (Å²) in [5.41, 5.74) is 3.70. The van der Waals surface area contributed by atoms with Crippen LogP contribution >= 0.6 is 0 Å². The van der Waals surface area contributed by atoms with Crippen molar-refractivity contribution >= 4 is 17.1 Å². The second kappa shape index (κ2) is 8.26. The number of azo groups is 1. The minimum atomic E-state index is -0.373. The van der Waals surface area contributed by atoms with E-state index in [1.54, 1.807) is 6.92 Å². The summed E-state index contributed by atoms with van der Waals surface area (Å²) in [6.07, 6.45) is 0. The topological polar surface area (TPSA) is 101 Å². The monoisotopic (exact) mass is 395 g/mol. The fraction of sp³-hybridized carbons (Fsp3) is 0.350. The highest BCUT2D eigenvalue weighted by Gasteiger charge is 2.17. The van der Waals surface area contributed by atoms with Crippen molar-refractivity contribution in [2.45, 2.75) is 27.7 Å². The van der Waals surface area contributed by atoms with Crippen LogP contribution in [0.25, 0.3) is 5.95 Å². The fourth-order valence-corrected chi connectivity index (χ4v) is 2.69. The molecule has 0 saturated carbocycles. The van der Waals surface area contributed by atoms with Gasteiger partial charge in [-0.3, -0.25) is 9.89 Å². The van der Waals surface area contributed by atoms with Crippen LogP contribution in [-0.4, -0.2) is 40.5 Å². The second-order valence-corrected chi connectivity index (χ2v) is 6.81. The highest BCUT2D eigenvalue weighted by molar-refractivity contribution is 5.52. The minimum absolute atomic E-state index is 0.210. The molecule has 0 aliphatic heterocycles. The van der Waals surface area contributed by atoms with E-state index in [2.05, 4.69) is 25.3 Å². The van der Waals surface area contributed by atoms with Gasteiger partial charge in [0.25, 0.3) is 5.95 Å². The van der Waals surface area contributed by atoms with E-state index in [4.69, 9.17) is 4.74 Å². The van der Waals surface area contributed by atoms with Gasteiger partial charge in [-0.2, -0.15) is 14.8 Å². The largest absolute Gasteiger partial charge is 0.478 e. The van der Waals surface area contributed by atoms with Crippen LogP contribution in [0.5, 0.6) is 5.88 Å². The molecule has 1 N–H and O–H groups in total. The fourth-order valence-electron chi connectivity index (χ4n) is 2.69. The van der Waals surface area contributed by atoms with Crippen LogP contribution in [-0.2, 0) is 0 Å². The molecule has 0 unspecified atom stereocenters. The third-order valence-corrected chi connectivity index (χ3v) is 4.49. The molecule has 3 rings (SSSR count). The molecule has 1 aromatic carbocycles. The molecule has 29 heavy (non-hydrogen) atoms. The molecule has 0 amide bonds. The van der Waals surface area contributed by atoms with Crippen molar-refractivity contribution < 1.29 is 4.74 Å². The number of aromatic nitrogens is 4. The van der Waals surface area contributed by atoms with Gasteiger partial charge in [0.2, 0.25) is 5.88 Å². The normalized spacial score (nSPS) is 11.2. The predicted octanol–water partition coefficient (Wildman–Crippen LogP) is 3.76. The first-order valence-corrected chi connectivity index (χ1v) is 9.31. The van der Waals surface area contributed by atoms with E-state index in [-0.39, 0.29) is 17.2 Å². The lowest BCUT2D eigenvalue weighted by molar-refractivity contribution is 0.322. The van der Waals surface area contributed by atoms with Crippen LogP contribution in [0.1, 0.15) is 23.9 Å². The van der Waals surface area contributed by atoms with Crippen molar-refractivity contribution in [1.82, 2.24) is 19.7 Å². The molecular formula is C20H25N7O2. The lowest BCUT2D eigenvalue weighted by Crippen LogP contribution is -2.18. The van der Waals surface area contributed by atoms with E-state index < -0.39 is 0 Å². The Balaban J connectivity index is 1.96. The standard InChI is InChI=1S/C20H25N7O2/c1-7-29-18-12(2)13(3)21-20(22-18)27-19(28)17(14(4)25-27)24-23-15-8-10-16(11-9-15)26(5)6/h8-11,25H,7H2,1-6H3. The number of hydrogen-bond acceptors (Lipinski definition) is 7. The first-order valence-electron chi connectivity index (χ1n) is 9.31. The number of ether oxygens (including phenoxy) is 1. The van der Waals surface area contributed by atoms with E-state index in [0.29, 0.717) is 23.9 Å². The van der Waals surface area contributed by atoms with Crippen molar-refractivity contribution in [2.24, 2.45) is 10.2 Å². The maximum Gasteiger partial charge on any atom is 0.301 e. The van der Waals surface area contributed by atoms with Crippen molar-refractivity contribution in [2.75, 3.05) is 25.6 Å². The third kappa shape index (κ3) is 4.18. The number of rotatable bonds is 6. The molecular weight excluding hydrogens is 370 g/mol. The molecule has 9 heteroatoms. The Kier molecular flexibility index (Phi) is 5.76. The van der Waals surface area contributed by atoms with Crippen molar-refractivity contribution in [3.8, 4) is 11.8 Å². The number of nitrogens with one attached hydrogen (secondary N) is 1. The summed E-state index contributed by atoms with van der Waals surface area (Å²) in [6.45, 7) is 7.84. The molecule has 0 saturated heterocycles. The zero-order valence-electron chi connectivity index (χ0n) is 17.5. The van der Waals surface area contributed by atoms with Crippen molar-refractivity contribution in [3.63, 3.8) is 0 Å². The van der Waals surface area contributed by atoms with Gasteiger partial charge < -0.3 is 9.64 Å². The van der Waals surface area contributed by atoms with Crippen LogP contribution in [0.4, 0.5) is 17.1 Å². The van der Waals surface area contributed by atoms with E-state index in [1.165, 1.54) is 4.68 Å². The SMILES string of the molecule is CCOc1nc(-n2[nH]c(C)c(N=Nc3ccc(N(C)C)cc3)c2=O)nc(C)c1C. The Hall–Kier alpha value is -3.49. The number of anilines is 1. The number of nitrogens with zero attached hydrogens (tertiary/aromatic N) is 6. The Morgan fingerprint density at radius 1 is 1.10 bits per heavy atom. The number of aryl methyl sites for hydroxylation is 2. The maximum atomic E-state index is 12.9. The summed E-state index contributed by atoms with van der Waals surface area (Å²) >= 11 is 0. The molecule has 0 aliphatic rings. The summed E-state index contributed by atoms with van der Waals surface area (Å²) in [7, 11) is 3.93. The molecule has 0 radical (unpaired) electrons. The molecule has 0 aliphatic carbocycles. The van der Waals surface area contributed by atoms with E-state index in [0.717, 1.165) is 16.9 Å². The van der Waals surface area contributed by atoms with E-state index in [9.17, 15) is 4.79 Å². The minimum Gasteiger partial charge on any atom is -0.478 e. The Morgan fingerprint density at radius 2 is 1.79 bits per heavy atom. The number of aromatic amines is 1. The zero-order valence-corrected chi connectivity index (χ0v) is 17.5. The molecule has 0 spiro atoms. The molecule has 0 bridgehead atoms. The van der Waals surface area contributed by atoms with Gasteiger partial charge in [0.1, 0.15) is 0 Å². The summed E-state index contributed by atoms with van der Waals surface area (Å²) in [6, 6.07) is 7.57. The maximum absolute atomic E-state index is 12.9. The highest BCUT2D eigenvalue weighted by Crippen LogP contribution is 2.22. The number of H-pyrrole nitrogens is 1. The summed E-state index contributed by atoms with van der Waals surface area (Å²) in [5.74, 6) is 0.666. The van der Waals surface area contributed by atoms with Gasteiger partial charge in [0.05, 0.1) is 18.0 Å². The van der Waals surface area contributed by atoms with Gasteiger partial charge >= 0.3 is 5.56 Å². The molecule has 0 atom stereocenters. The van der Waals surface area contributed by atoms with Crippen LogP contribution in [0.15, 0.2) is 39.3 Å². The van der Waals surface area contributed by atoms with Crippen LogP contribution in [0, 0.1) is 20.8 Å². The molecule has 0 fully saturated rings. The molecule has 3 aromatic rings. The summed E-state index contributed by atoms with van der Waals surface area (Å²) in [4.78, 5) is 23.7. The van der Waals surface area contributed by atoms with Crippen LogP contribution in [0.3, 0.4) is 0 Å². The van der Waals surface area contributed by atoms with Gasteiger partial charge in [0.15, 0.2) is 5.69 Å².